The Balaban J connectivity index is 1.66. The van der Waals surface area contributed by atoms with Gasteiger partial charge in [-0.25, -0.2) is 5.43 Å². The van der Waals surface area contributed by atoms with Gasteiger partial charge in [-0.15, -0.1) is 10.2 Å². The Hall–Kier alpha value is -3.68. The number of aromatic amines is 1. The molecule has 150 valence electrons. The molecule has 0 aliphatic heterocycles. The summed E-state index contributed by atoms with van der Waals surface area (Å²) in [6, 6.07) is 14.6. The van der Waals surface area contributed by atoms with Crippen LogP contribution < -0.4 is 20.5 Å². The van der Waals surface area contributed by atoms with Crippen molar-refractivity contribution in [3.05, 3.63) is 64.4 Å². The number of hydrogen-bond acceptors (Lipinski definition) is 7. The fraction of sp³-hybridized carbons (Fsp3) is 0.238. The fourth-order valence-electron chi connectivity index (χ4n) is 2.44. The monoisotopic (exact) mass is 393 g/mol. The molecule has 0 spiro atoms. The number of hydrogen-bond donors (Lipinski definition) is 2. The van der Waals surface area contributed by atoms with Crippen molar-refractivity contribution < 1.29 is 9.47 Å². The van der Waals surface area contributed by atoms with Crippen LogP contribution in [-0.2, 0) is 0 Å². The zero-order valence-electron chi connectivity index (χ0n) is 16.5. The van der Waals surface area contributed by atoms with Crippen molar-refractivity contribution in [2.24, 2.45) is 11.0 Å². The quantitative estimate of drug-likeness (QED) is 0.450. The first-order valence-corrected chi connectivity index (χ1v) is 9.18. The van der Waals surface area contributed by atoms with E-state index in [1.807, 2.05) is 24.3 Å². The molecule has 3 rings (SSSR count). The van der Waals surface area contributed by atoms with Crippen molar-refractivity contribution in [3.8, 4) is 22.8 Å². The zero-order chi connectivity index (χ0) is 20.6. The van der Waals surface area contributed by atoms with E-state index in [1.165, 1.54) is 0 Å². The van der Waals surface area contributed by atoms with Crippen LogP contribution in [-0.4, -0.2) is 35.1 Å². The summed E-state index contributed by atoms with van der Waals surface area (Å²) in [6.45, 7) is 4.84. The highest BCUT2D eigenvalue weighted by Gasteiger charge is 2.07. The molecule has 8 heteroatoms. The maximum Gasteiger partial charge on any atom is 0.279 e. The fourth-order valence-corrected chi connectivity index (χ4v) is 2.44. The number of methoxy groups -OCH3 is 1. The first kappa shape index (κ1) is 20.1. The van der Waals surface area contributed by atoms with E-state index >= 15 is 0 Å². The van der Waals surface area contributed by atoms with Gasteiger partial charge in [0.05, 0.1) is 19.9 Å². The predicted molar refractivity (Wildman–Crippen MR) is 113 cm³/mol. The number of nitrogens with zero attached hydrogens (tertiary/aromatic N) is 3. The van der Waals surface area contributed by atoms with Gasteiger partial charge in [-0.2, -0.15) is 5.10 Å². The third-order valence-corrected chi connectivity index (χ3v) is 3.89. The normalized spacial score (nSPS) is 11.0. The molecule has 0 amide bonds. The third kappa shape index (κ3) is 5.65. The predicted octanol–water partition coefficient (Wildman–Crippen LogP) is 3.32. The van der Waals surface area contributed by atoms with Crippen LogP contribution in [0.3, 0.4) is 0 Å². The molecule has 2 aromatic carbocycles. The van der Waals surface area contributed by atoms with Crippen molar-refractivity contribution in [1.29, 1.82) is 0 Å². The Morgan fingerprint density at radius 3 is 2.62 bits per heavy atom. The van der Waals surface area contributed by atoms with E-state index in [9.17, 15) is 4.79 Å². The van der Waals surface area contributed by atoms with Crippen molar-refractivity contribution in [2.45, 2.75) is 13.8 Å². The van der Waals surface area contributed by atoms with Crippen LogP contribution in [0.2, 0.25) is 0 Å². The summed E-state index contributed by atoms with van der Waals surface area (Å²) in [5, 5.41) is 12.1. The molecule has 0 aliphatic carbocycles. The number of anilines is 1. The number of ether oxygens (including phenoxy) is 2. The summed E-state index contributed by atoms with van der Waals surface area (Å²) in [4.78, 5) is 14.9. The highest BCUT2D eigenvalue weighted by atomic mass is 16.5. The molecule has 3 aromatic rings. The number of hydrazone groups is 1. The number of benzene rings is 2. The van der Waals surface area contributed by atoms with Gasteiger partial charge in [-0.1, -0.05) is 26.0 Å². The molecule has 0 atom stereocenters. The van der Waals surface area contributed by atoms with Crippen LogP contribution in [0.4, 0.5) is 5.95 Å². The molecule has 0 fully saturated rings. The minimum Gasteiger partial charge on any atom is -0.497 e. The summed E-state index contributed by atoms with van der Waals surface area (Å²) in [5.74, 6) is 2.07. The summed E-state index contributed by atoms with van der Waals surface area (Å²) < 4.78 is 10.8. The lowest BCUT2D eigenvalue weighted by Crippen LogP contribution is -2.15. The maximum atomic E-state index is 12.3. The summed E-state index contributed by atoms with van der Waals surface area (Å²) >= 11 is 0. The van der Waals surface area contributed by atoms with Gasteiger partial charge in [0.2, 0.25) is 5.95 Å². The van der Waals surface area contributed by atoms with E-state index in [0.29, 0.717) is 23.8 Å². The standard InChI is InChI=1S/C21H23N5O3/c1-14(2)13-29-18-6-4-5-15(11-18)12-22-25-21-23-20(27)19(24-26-21)16-7-9-17(28-3)10-8-16/h4-12,14H,13H2,1-3H3,(H2,23,25,26,27)/b22-12+. The van der Waals surface area contributed by atoms with Crippen LogP contribution >= 0.6 is 0 Å². The van der Waals surface area contributed by atoms with Crippen LogP contribution in [0.25, 0.3) is 11.3 Å². The summed E-state index contributed by atoms with van der Waals surface area (Å²) in [7, 11) is 1.58. The maximum absolute atomic E-state index is 12.3. The average molecular weight is 393 g/mol. The lowest BCUT2D eigenvalue weighted by molar-refractivity contribution is 0.271. The minimum absolute atomic E-state index is 0.149. The first-order chi connectivity index (χ1) is 14.0. The minimum atomic E-state index is -0.369. The number of aromatic nitrogens is 3. The Morgan fingerprint density at radius 2 is 1.93 bits per heavy atom. The second kappa shape index (κ2) is 9.50. The van der Waals surface area contributed by atoms with E-state index < -0.39 is 0 Å². The van der Waals surface area contributed by atoms with Gasteiger partial charge in [0, 0.05) is 5.56 Å². The van der Waals surface area contributed by atoms with Gasteiger partial charge in [-0.05, 0) is 47.9 Å². The highest BCUT2D eigenvalue weighted by molar-refractivity contribution is 5.80. The molecule has 2 N–H and O–H groups in total. The van der Waals surface area contributed by atoms with Gasteiger partial charge >= 0.3 is 0 Å². The molecule has 1 heterocycles. The van der Waals surface area contributed by atoms with Crippen molar-refractivity contribution in [2.75, 3.05) is 19.1 Å². The van der Waals surface area contributed by atoms with E-state index in [0.717, 1.165) is 11.3 Å². The smallest absolute Gasteiger partial charge is 0.279 e. The summed E-state index contributed by atoms with van der Waals surface area (Å²) in [6.07, 6.45) is 1.61. The van der Waals surface area contributed by atoms with Gasteiger partial charge in [0.1, 0.15) is 11.5 Å². The highest BCUT2D eigenvalue weighted by Crippen LogP contribution is 2.17. The van der Waals surface area contributed by atoms with Crippen molar-refractivity contribution >= 4 is 12.2 Å². The van der Waals surface area contributed by atoms with Gasteiger partial charge in [0.15, 0.2) is 5.69 Å². The van der Waals surface area contributed by atoms with Crippen molar-refractivity contribution in [3.63, 3.8) is 0 Å². The van der Waals surface area contributed by atoms with Crippen LogP contribution in [0, 0.1) is 5.92 Å². The van der Waals surface area contributed by atoms with E-state index in [2.05, 4.69) is 39.6 Å². The lowest BCUT2D eigenvalue weighted by atomic mass is 10.1. The molecule has 0 saturated carbocycles. The van der Waals surface area contributed by atoms with Crippen LogP contribution in [0.5, 0.6) is 11.5 Å². The van der Waals surface area contributed by atoms with E-state index in [-0.39, 0.29) is 17.2 Å². The largest absolute Gasteiger partial charge is 0.497 e. The number of rotatable bonds is 8. The molecular formula is C21H23N5O3. The Morgan fingerprint density at radius 1 is 1.14 bits per heavy atom. The molecule has 0 saturated heterocycles. The second-order valence-corrected chi connectivity index (χ2v) is 6.73. The summed E-state index contributed by atoms with van der Waals surface area (Å²) in [5.41, 5.74) is 4.03. The van der Waals surface area contributed by atoms with Crippen LogP contribution in [0.15, 0.2) is 58.4 Å². The lowest BCUT2D eigenvalue weighted by Gasteiger charge is -2.08. The Kier molecular flexibility index (Phi) is 6.57. The first-order valence-electron chi connectivity index (χ1n) is 9.18. The SMILES string of the molecule is COc1ccc(-c2nnc(N/N=C/c3cccc(OCC(C)C)c3)[nH]c2=O)cc1. The second-order valence-electron chi connectivity index (χ2n) is 6.73. The van der Waals surface area contributed by atoms with Gasteiger partial charge in [0.25, 0.3) is 5.56 Å². The topological polar surface area (TPSA) is 101 Å². The molecule has 0 unspecified atom stereocenters. The van der Waals surface area contributed by atoms with Gasteiger partial charge in [-0.3, -0.25) is 9.78 Å². The molecule has 0 radical (unpaired) electrons. The molecule has 8 nitrogen and oxygen atoms in total. The third-order valence-electron chi connectivity index (χ3n) is 3.89. The molecule has 29 heavy (non-hydrogen) atoms. The molecule has 0 bridgehead atoms. The van der Waals surface area contributed by atoms with E-state index in [4.69, 9.17) is 9.47 Å². The number of H-pyrrole nitrogens is 1. The molecule has 1 aromatic heterocycles. The van der Waals surface area contributed by atoms with Crippen LogP contribution in [0.1, 0.15) is 19.4 Å². The average Bonchev–Trinajstić information content (AvgIpc) is 2.73. The number of nitrogens with one attached hydrogen (secondary N) is 2. The Bertz CT molecular complexity index is 1030. The molecule has 0 aliphatic rings. The zero-order valence-corrected chi connectivity index (χ0v) is 16.5. The van der Waals surface area contributed by atoms with Gasteiger partial charge < -0.3 is 9.47 Å². The van der Waals surface area contributed by atoms with Crippen molar-refractivity contribution in [1.82, 2.24) is 15.2 Å². The van der Waals surface area contributed by atoms with E-state index in [1.54, 1.807) is 37.6 Å². The molecular weight excluding hydrogens is 370 g/mol. The Labute approximate surface area is 168 Å².